The molecule has 2 N–H and O–H groups in total. The first-order valence-corrected chi connectivity index (χ1v) is 7.64. The lowest BCUT2D eigenvalue weighted by atomic mass is 9.84. The number of carbonyl (C=O) groups is 1. The van der Waals surface area contributed by atoms with Crippen molar-refractivity contribution in [2.75, 3.05) is 12.4 Å². The standard InChI is InChI=1S/C15H22ClN3O/c1-10(11-6-4-3-5-7-11)18-15(20)14-12(16)8-9-13(17-2)19-14/h8-11H,3-7H2,1-2H3,(H,17,19)(H,18,20). The fourth-order valence-corrected chi connectivity index (χ4v) is 2.96. The van der Waals surface area contributed by atoms with Crippen molar-refractivity contribution < 1.29 is 4.79 Å². The van der Waals surface area contributed by atoms with Crippen molar-refractivity contribution in [2.45, 2.75) is 45.1 Å². The number of anilines is 1. The Kier molecular flexibility index (Phi) is 5.24. The molecule has 1 fully saturated rings. The van der Waals surface area contributed by atoms with Crippen LogP contribution < -0.4 is 10.6 Å². The largest absolute Gasteiger partial charge is 0.373 e. The minimum atomic E-state index is -0.190. The van der Waals surface area contributed by atoms with Gasteiger partial charge in [-0.2, -0.15) is 0 Å². The number of amides is 1. The Balaban J connectivity index is 2.03. The molecule has 1 aromatic heterocycles. The molecule has 1 atom stereocenters. The number of carbonyl (C=O) groups excluding carboxylic acids is 1. The Labute approximate surface area is 125 Å². The summed E-state index contributed by atoms with van der Waals surface area (Å²) in [6, 6.07) is 3.61. The van der Waals surface area contributed by atoms with Gasteiger partial charge in [0.2, 0.25) is 0 Å². The molecule has 1 amide bonds. The molecular weight excluding hydrogens is 274 g/mol. The van der Waals surface area contributed by atoms with E-state index in [0.29, 0.717) is 22.5 Å². The Morgan fingerprint density at radius 1 is 1.35 bits per heavy atom. The van der Waals surface area contributed by atoms with Gasteiger partial charge in [-0.15, -0.1) is 0 Å². The third kappa shape index (κ3) is 3.63. The van der Waals surface area contributed by atoms with Crippen molar-refractivity contribution >= 4 is 23.3 Å². The molecule has 1 heterocycles. The van der Waals surface area contributed by atoms with Crippen LogP contribution in [0.1, 0.15) is 49.5 Å². The summed E-state index contributed by atoms with van der Waals surface area (Å²) in [5, 5.41) is 6.35. The smallest absolute Gasteiger partial charge is 0.271 e. The van der Waals surface area contributed by atoms with Crippen molar-refractivity contribution in [1.82, 2.24) is 10.3 Å². The van der Waals surface area contributed by atoms with Crippen LogP contribution in [0.2, 0.25) is 5.02 Å². The van der Waals surface area contributed by atoms with Gasteiger partial charge in [0.15, 0.2) is 0 Å². The second-order valence-corrected chi connectivity index (χ2v) is 5.84. The van der Waals surface area contributed by atoms with Crippen molar-refractivity contribution in [2.24, 2.45) is 5.92 Å². The average Bonchev–Trinajstić information content (AvgIpc) is 2.48. The lowest BCUT2D eigenvalue weighted by molar-refractivity contribution is 0.0914. The maximum absolute atomic E-state index is 12.3. The van der Waals surface area contributed by atoms with Gasteiger partial charge in [0.05, 0.1) is 5.02 Å². The maximum Gasteiger partial charge on any atom is 0.271 e. The molecule has 0 radical (unpaired) electrons. The maximum atomic E-state index is 12.3. The van der Waals surface area contributed by atoms with Gasteiger partial charge >= 0.3 is 0 Å². The van der Waals surface area contributed by atoms with Crippen LogP contribution in [0.15, 0.2) is 12.1 Å². The number of hydrogen-bond acceptors (Lipinski definition) is 3. The van der Waals surface area contributed by atoms with Gasteiger partial charge in [-0.1, -0.05) is 30.9 Å². The third-order valence-electron chi connectivity index (χ3n) is 4.03. The summed E-state index contributed by atoms with van der Waals surface area (Å²) >= 11 is 6.07. The van der Waals surface area contributed by atoms with E-state index < -0.39 is 0 Å². The molecule has 0 aliphatic heterocycles. The number of aromatic nitrogens is 1. The molecule has 1 saturated carbocycles. The minimum absolute atomic E-state index is 0.166. The second-order valence-electron chi connectivity index (χ2n) is 5.44. The van der Waals surface area contributed by atoms with Gasteiger partial charge in [-0.25, -0.2) is 4.98 Å². The van der Waals surface area contributed by atoms with Crippen LogP contribution in [-0.2, 0) is 0 Å². The quantitative estimate of drug-likeness (QED) is 0.894. The molecule has 1 aliphatic rings. The molecule has 5 heteroatoms. The third-order valence-corrected chi connectivity index (χ3v) is 4.34. The molecule has 0 spiro atoms. The molecule has 0 aromatic carbocycles. The first-order chi connectivity index (χ1) is 9.61. The first-order valence-electron chi connectivity index (χ1n) is 7.27. The van der Waals surface area contributed by atoms with Gasteiger partial charge in [0.1, 0.15) is 11.5 Å². The average molecular weight is 296 g/mol. The highest BCUT2D eigenvalue weighted by Gasteiger charge is 2.23. The van der Waals surface area contributed by atoms with Crippen molar-refractivity contribution in [3.63, 3.8) is 0 Å². The molecule has 1 aliphatic carbocycles. The Bertz CT molecular complexity index is 472. The summed E-state index contributed by atoms with van der Waals surface area (Å²) in [5.74, 6) is 1.02. The molecule has 1 aromatic rings. The molecule has 1 unspecified atom stereocenters. The SMILES string of the molecule is CNc1ccc(Cl)c(C(=O)NC(C)C2CCCCC2)n1. The summed E-state index contributed by atoms with van der Waals surface area (Å²) in [7, 11) is 1.77. The molecule has 110 valence electrons. The molecule has 0 saturated heterocycles. The van der Waals surface area contributed by atoms with Crippen LogP contribution in [-0.4, -0.2) is 24.0 Å². The lowest BCUT2D eigenvalue weighted by Gasteiger charge is -2.28. The number of nitrogens with one attached hydrogen (secondary N) is 2. The highest BCUT2D eigenvalue weighted by molar-refractivity contribution is 6.33. The van der Waals surface area contributed by atoms with E-state index in [9.17, 15) is 4.79 Å². The Morgan fingerprint density at radius 2 is 2.05 bits per heavy atom. The van der Waals surface area contributed by atoms with Crippen LogP contribution in [0, 0.1) is 5.92 Å². The fraction of sp³-hybridized carbons (Fsp3) is 0.600. The zero-order valence-electron chi connectivity index (χ0n) is 12.1. The molecule has 20 heavy (non-hydrogen) atoms. The predicted octanol–water partition coefficient (Wildman–Crippen LogP) is 3.48. The van der Waals surface area contributed by atoms with Crippen LogP contribution in [0.4, 0.5) is 5.82 Å². The van der Waals surface area contributed by atoms with Crippen LogP contribution >= 0.6 is 11.6 Å². The van der Waals surface area contributed by atoms with Gasteiger partial charge in [-0.05, 0) is 37.8 Å². The minimum Gasteiger partial charge on any atom is -0.373 e. The molecule has 2 rings (SSSR count). The summed E-state index contributed by atoms with van der Waals surface area (Å²) in [5.41, 5.74) is 0.293. The normalized spacial score (nSPS) is 17.6. The summed E-state index contributed by atoms with van der Waals surface area (Å²) in [4.78, 5) is 16.5. The van der Waals surface area contributed by atoms with E-state index in [-0.39, 0.29) is 11.9 Å². The van der Waals surface area contributed by atoms with Gasteiger partial charge < -0.3 is 10.6 Å². The number of pyridine rings is 1. The van der Waals surface area contributed by atoms with Crippen LogP contribution in [0.5, 0.6) is 0 Å². The van der Waals surface area contributed by atoms with Crippen molar-refractivity contribution in [1.29, 1.82) is 0 Å². The van der Waals surface area contributed by atoms with E-state index in [0.717, 1.165) is 0 Å². The van der Waals surface area contributed by atoms with Crippen LogP contribution in [0.3, 0.4) is 0 Å². The summed E-state index contributed by atoms with van der Waals surface area (Å²) in [6.45, 7) is 2.07. The Morgan fingerprint density at radius 3 is 2.70 bits per heavy atom. The topological polar surface area (TPSA) is 54.0 Å². The van der Waals surface area contributed by atoms with E-state index in [4.69, 9.17) is 11.6 Å². The Hall–Kier alpha value is -1.29. The molecule has 0 bridgehead atoms. The highest BCUT2D eigenvalue weighted by atomic mass is 35.5. The van der Waals surface area contributed by atoms with Gasteiger partial charge in [-0.3, -0.25) is 4.79 Å². The van der Waals surface area contributed by atoms with Crippen LogP contribution in [0.25, 0.3) is 0 Å². The number of hydrogen-bond donors (Lipinski definition) is 2. The summed E-state index contributed by atoms with van der Waals surface area (Å²) in [6.07, 6.45) is 6.23. The van der Waals surface area contributed by atoms with E-state index in [1.54, 1.807) is 19.2 Å². The lowest BCUT2D eigenvalue weighted by Crippen LogP contribution is -2.39. The van der Waals surface area contributed by atoms with Crippen molar-refractivity contribution in [3.8, 4) is 0 Å². The van der Waals surface area contributed by atoms with E-state index in [1.807, 2.05) is 0 Å². The fourth-order valence-electron chi connectivity index (χ4n) is 2.77. The van der Waals surface area contributed by atoms with Gasteiger partial charge in [0.25, 0.3) is 5.91 Å². The zero-order chi connectivity index (χ0) is 14.5. The highest BCUT2D eigenvalue weighted by Crippen LogP contribution is 2.26. The monoisotopic (exact) mass is 295 g/mol. The number of rotatable bonds is 4. The van der Waals surface area contributed by atoms with E-state index in [1.165, 1.54) is 32.1 Å². The predicted molar refractivity (Wildman–Crippen MR) is 82.3 cm³/mol. The zero-order valence-corrected chi connectivity index (χ0v) is 12.8. The van der Waals surface area contributed by atoms with Crippen molar-refractivity contribution in [3.05, 3.63) is 22.8 Å². The number of halogens is 1. The van der Waals surface area contributed by atoms with E-state index >= 15 is 0 Å². The number of nitrogens with zero attached hydrogens (tertiary/aromatic N) is 1. The summed E-state index contributed by atoms with van der Waals surface area (Å²) < 4.78 is 0. The second kappa shape index (κ2) is 6.93. The molecular formula is C15H22ClN3O. The van der Waals surface area contributed by atoms with E-state index in [2.05, 4.69) is 22.5 Å². The molecule has 4 nitrogen and oxygen atoms in total. The van der Waals surface area contributed by atoms with Gasteiger partial charge in [0, 0.05) is 13.1 Å². The first kappa shape index (κ1) is 15.1.